The smallest absolute Gasteiger partial charge is 0.326 e. The van der Waals surface area contributed by atoms with Gasteiger partial charge in [-0.15, -0.1) is 0 Å². The Bertz CT molecular complexity index is 1130. The molecule has 3 heterocycles. The van der Waals surface area contributed by atoms with Crippen molar-refractivity contribution in [3.8, 4) is 11.6 Å². The molecule has 0 saturated heterocycles. The van der Waals surface area contributed by atoms with Crippen molar-refractivity contribution in [2.24, 2.45) is 0 Å². The predicted octanol–water partition coefficient (Wildman–Crippen LogP) is 2.08. The predicted molar refractivity (Wildman–Crippen MR) is 109 cm³/mol. The monoisotopic (exact) mass is 402 g/mol. The van der Waals surface area contributed by atoms with Gasteiger partial charge in [-0.1, -0.05) is 37.6 Å². The van der Waals surface area contributed by atoms with Crippen LogP contribution < -0.4 is 9.67 Å². The Morgan fingerprint density at radius 3 is 2.33 bits per heavy atom. The summed E-state index contributed by atoms with van der Waals surface area (Å²) in [5, 5.41) is 17.7. The first-order valence-electron chi connectivity index (χ1n) is 9.94. The molecular weight excluding hydrogens is 380 g/mol. The van der Waals surface area contributed by atoms with Gasteiger partial charge in [-0.05, 0) is 31.4 Å². The minimum atomic E-state index is -0.451. The summed E-state index contributed by atoms with van der Waals surface area (Å²) in [6, 6.07) is 14.4. The number of unbranched alkanes of at least 4 members (excludes halogenated alkanes) is 1. The van der Waals surface area contributed by atoms with Crippen LogP contribution in [0.3, 0.4) is 0 Å². The highest BCUT2D eigenvalue weighted by Crippen LogP contribution is 2.36. The summed E-state index contributed by atoms with van der Waals surface area (Å²) >= 11 is 0. The number of para-hydroxylation sites is 1. The zero-order valence-corrected chi connectivity index (χ0v) is 16.9. The van der Waals surface area contributed by atoms with Crippen LogP contribution in [0.5, 0.6) is 5.88 Å². The summed E-state index contributed by atoms with van der Waals surface area (Å²) in [5.41, 5.74) is 1.47. The molecule has 0 saturated carbocycles. The quantitative estimate of drug-likeness (QED) is 0.467. The SMILES string of the molecule is CCCCN1C(=O)C(c2c(C)nn(-c3ccccc3)c2[O-])=C([n+]2ccccc2)C1=O. The average molecular weight is 402 g/mol. The van der Waals surface area contributed by atoms with Gasteiger partial charge in [0.15, 0.2) is 12.4 Å². The number of aryl methyl sites for hydroxylation is 1. The van der Waals surface area contributed by atoms with Crippen molar-refractivity contribution in [1.29, 1.82) is 0 Å². The maximum Gasteiger partial charge on any atom is 0.326 e. The third-order valence-corrected chi connectivity index (χ3v) is 5.12. The third-order valence-electron chi connectivity index (χ3n) is 5.12. The number of pyridine rings is 1. The van der Waals surface area contributed by atoms with Crippen molar-refractivity contribution < 1.29 is 19.3 Å². The molecule has 1 aliphatic heterocycles. The Labute approximate surface area is 174 Å². The van der Waals surface area contributed by atoms with Crippen LogP contribution in [0.1, 0.15) is 31.0 Å². The number of hydrogen-bond acceptors (Lipinski definition) is 4. The normalized spacial score (nSPS) is 14.1. The van der Waals surface area contributed by atoms with Crippen LogP contribution >= 0.6 is 0 Å². The van der Waals surface area contributed by atoms with Gasteiger partial charge in [0, 0.05) is 24.2 Å². The molecule has 0 radical (unpaired) electrons. The lowest BCUT2D eigenvalue weighted by molar-refractivity contribution is -0.576. The lowest BCUT2D eigenvalue weighted by Gasteiger charge is -2.15. The van der Waals surface area contributed by atoms with Gasteiger partial charge in [0.05, 0.1) is 11.4 Å². The van der Waals surface area contributed by atoms with E-state index in [-0.39, 0.29) is 16.8 Å². The Balaban J connectivity index is 1.92. The number of carbonyl (C=O) groups is 2. The lowest BCUT2D eigenvalue weighted by Crippen LogP contribution is -2.39. The topological polar surface area (TPSA) is 82.1 Å². The third kappa shape index (κ3) is 3.18. The molecule has 0 bridgehead atoms. The molecule has 0 fully saturated rings. The standard InChI is InChI=1S/C23H22N4O3/c1-3-4-15-26-21(28)19(20(23(26)30)25-13-9-6-10-14-25)18-16(2)24-27(22(18)29)17-11-7-5-8-12-17/h5-14H,3-4,15H2,1-2H3. The highest BCUT2D eigenvalue weighted by Gasteiger charge is 2.46. The molecule has 7 nitrogen and oxygen atoms in total. The fourth-order valence-electron chi connectivity index (χ4n) is 3.63. The van der Waals surface area contributed by atoms with E-state index in [4.69, 9.17) is 0 Å². The first kappa shape index (κ1) is 19.6. The van der Waals surface area contributed by atoms with Crippen molar-refractivity contribution in [3.63, 3.8) is 0 Å². The highest BCUT2D eigenvalue weighted by molar-refractivity contribution is 6.44. The van der Waals surface area contributed by atoms with Crippen LogP contribution in [0.2, 0.25) is 0 Å². The number of rotatable bonds is 6. The van der Waals surface area contributed by atoms with E-state index in [1.165, 1.54) is 9.58 Å². The maximum absolute atomic E-state index is 13.3. The number of aromatic nitrogens is 3. The van der Waals surface area contributed by atoms with Gasteiger partial charge in [0.25, 0.3) is 11.6 Å². The molecule has 1 aromatic carbocycles. The molecule has 0 unspecified atom stereocenters. The van der Waals surface area contributed by atoms with Gasteiger partial charge in [0.1, 0.15) is 5.57 Å². The van der Waals surface area contributed by atoms with Gasteiger partial charge in [0.2, 0.25) is 0 Å². The van der Waals surface area contributed by atoms with Crippen molar-refractivity contribution in [2.75, 3.05) is 6.54 Å². The Morgan fingerprint density at radius 2 is 1.67 bits per heavy atom. The van der Waals surface area contributed by atoms with E-state index in [9.17, 15) is 14.7 Å². The van der Waals surface area contributed by atoms with Gasteiger partial charge >= 0.3 is 5.91 Å². The van der Waals surface area contributed by atoms with Gasteiger partial charge in [-0.25, -0.2) is 4.68 Å². The van der Waals surface area contributed by atoms with Gasteiger partial charge < -0.3 is 5.11 Å². The second kappa shape index (κ2) is 7.94. The van der Waals surface area contributed by atoms with E-state index in [2.05, 4.69) is 5.10 Å². The molecule has 0 spiro atoms. The number of carbonyl (C=O) groups excluding carboxylic acids is 2. The molecule has 3 aromatic rings. The van der Waals surface area contributed by atoms with E-state index in [1.54, 1.807) is 48.1 Å². The molecule has 0 atom stereocenters. The zero-order chi connectivity index (χ0) is 21.3. The second-order valence-electron chi connectivity index (χ2n) is 7.13. The van der Waals surface area contributed by atoms with E-state index >= 15 is 0 Å². The molecule has 30 heavy (non-hydrogen) atoms. The van der Waals surface area contributed by atoms with Crippen LogP contribution in [-0.4, -0.2) is 33.0 Å². The second-order valence-corrected chi connectivity index (χ2v) is 7.13. The minimum absolute atomic E-state index is 0.108. The van der Waals surface area contributed by atoms with E-state index in [0.29, 0.717) is 24.3 Å². The number of imide groups is 1. The number of benzene rings is 1. The fourth-order valence-corrected chi connectivity index (χ4v) is 3.63. The Morgan fingerprint density at radius 1 is 1.00 bits per heavy atom. The molecule has 2 aromatic heterocycles. The number of nitrogens with zero attached hydrogens (tertiary/aromatic N) is 4. The minimum Gasteiger partial charge on any atom is -0.858 e. The largest absolute Gasteiger partial charge is 0.858 e. The van der Waals surface area contributed by atoms with E-state index < -0.39 is 17.7 Å². The van der Waals surface area contributed by atoms with Crippen molar-refractivity contribution in [2.45, 2.75) is 26.7 Å². The van der Waals surface area contributed by atoms with Crippen LogP contribution in [0.4, 0.5) is 0 Å². The summed E-state index contributed by atoms with van der Waals surface area (Å²) in [4.78, 5) is 27.7. The number of amides is 2. The molecule has 0 aliphatic carbocycles. The Hall–Kier alpha value is -3.74. The molecule has 7 heteroatoms. The number of hydrogen-bond donors (Lipinski definition) is 0. The summed E-state index contributed by atoms with van der Waals surface area (Å²) in [7, 11) is 0. The molecule has 1 aliphatic rings. The summed E-state index contributed by atoms with van der Waals surface area (Å²) in [6.45, 7) is 3.99. The summed E-state index contributed by atoms with van der Waals surface area (Å²) in [5.74, 6) is -1.26. The molecular formula is C23H22N4O3. The lowest BCUT2D eigenvalue weighted by atomic mass is 10.0. The zero-order valence-electron chi connectivity index (χ0n) is 16.9. The van der Waals surface area contributed by atoms with Gasteiger partial charge in [-0.2, -0.15) is 9.67 Å². The summed E-state index contributed by atoms with van der Waals surface area (Å²) in [6.07, 6.45) is 4.94. The summed E-state index contributed by atoms with van der Waals surface area (Å²) < 4.78 is 2.87. The van der Waals surface area contributed by atoms with Crippen LogP contribution in [0.15, 0.2) is 60.9 Å². The van der Waals surface area contributed by atoms with Crippen molar-refractivity contribution in [3.05, 3.63) is 72.2 Å². The Kier molecular flexibility index (Phi) is 5.18. The maximum atomic E-state index is 13.3. The average Bonchev–Trinajstić information content (AvgIpc) is 3.19. The highest BCUT2D eigenvalue weighted by atomic mass is 16.3. The molecule has 2 amide bonds. The fraction of sp³-hybridized carbons (Fsp3) is 0.217. The van der Waals surface area contributed by atoms with E-state index in [1.807, 2.05) is 31.2 Å². The first-order valence-corrected chi connectivity index (χ1v) is 9.94. The molecule has 0 N–H and O–H groups in total. The molecule has 4 rings (SSSR count). The first-order chi connectivity index (χ1) is 14.5. The van der Waals surface area contributed by atoms with Crippen molar-refractivity contribution in [1.82, 2.24) is 14.7 Å². The van der Waals surface area contributed by atoms with Gasteiger partial charge in [-0.3, -0.25) is 14.5 Å². The molecule has 152 valence electrons. The van der Waals surface area contributed by atoms with E-state index in [0.717, 1.165) is 6.42 Å². The van der Waals surface area contributed by atoms with Crippen LogP contribution in [0, 0.1) is 6.92 Å². The van der Waals surface area contributed by atoms with Crippen LogP contribution in [-0.2, 0) is 9.59 Å². The van der Waals surface area contributed by atoms with Crippen molar-refractivity contribution >= 4 is 23.1 Å². The van der Waals surface area contributed by atoms with Crippen LogP contribution in [0.25, 0.3) is 17.0 Å².